The summed E-state index contributed by atoms with van der Waals surface area (Å²) in [6, 6.07) is 7.64. The summed E-state index contributed by atoms with van der Waals surface area (Å²) in [6.45, 7) is 3.30. The number of pyridine rings is 1. The monoisotopic (exact) mass is 271 g/mol. The predicted molar refractivity (Wildman–Crippen MR) is 75.2 cm³/mol. The zero-order chi connectivity index (χ0) is 14.0. The van der Waals surface area contributed by atoms with E-state index < -0.39 is 11.8 Å². The molecule has 19 heavy (non-hydrogen) atoms. The summed E-state index contributed by atoms with van der Waals surface area (Å²) in [7, 11) is 0. The molecule has 1 aliphatic rings. The van der Waals surface area contributed by atoms with E-state index in [1.807, 2.05) is 12.1 Å². The van der Waals surface area contributed by atoms with Gasteiger partial charge in [-0.3, -0.25) is 9.78 Å². The lowest BCUT2D eigenvalue weighted by molar-refractivity contribution is -0.114. The number of ketones is 1. The van der Waals surface area contributed by atoms with Gasteiger partial charge in [-0.2, -0.15) is 5.26 Å². The fraction of sp³-hybridized carbons (Fsp3) is 0.286. The second-order valence-corrected chi connectivity index (χ2v) is 4.86. The summed E-state index contributed by atoms with van der Waals surface area (Å²) in [5.74, 6) is -1.02. The molecule has 2 unspecified atom stereocenters. The summed E-state index contributed by atoms with van der Waals surface area (Å²) in [5.41, 5.74) is 1.99. The minimum atomic E-state index is -0.563. The minimum absolute atomic E-state index is 0.0663. The number of nitriles is 1. The predicted octanol–water partition coefficient (Wildman–Crippen LogP) is 2.10. The quantitative estimate of drug-likeness (QED) is 0.834. The molecule has 2 atom stereocenters. The molecule has 0 spiro atoms. The fourth-order valence-corrected chi connectivity index (χ4v) is 2.72. The summed E-state index contributed by atoms with van der Waals surface area (Å²) in [4.78, 5) is 16.6. The number of allylic oxidation sites excluding steroid dienone is 2. The van der Waals surface area contributed by atoms with Gasteiger partial charge in [-0.15, -0.1) is 0 Å². The lowest BCUT2D eigenvalue weighted by atomic mass is 9.78. The Morgan fingerprint density at radius 2 is 2.26 bits per heavy atom. The van der Waals surface area contributed by atoms with Gasteiger partial charge in [0.25, 0.3) is 0 Å². The number of nitrogens with zero attached hydrogens (tertiary/aromatic N) is 2. The maximum Gasteiger partial charge on any atom is 0.158 e. The highest BCUT2D eigenvalue weighted by Gasteiger charge is 2.37. The molecule has 0 fully saturated rings. The third-order valence-corrected chi connectivity index (χ3v) is 3.52. The van der Waals surface area contributed by atoms with Gasteiger partial charge in [0, 0.05) is 23.2 Å². The molecule has 4 nitrogen and oxygen atoms in total. The minimum Gasteiger partial charge on any atom is -0.352 e. The van der Waals surface area contributed by atoms with E-state index in [0.29, 0.717) is 22.0 Å². The number of Topliss-reactive ketones (excluding diaryl/α,β-unsaturated/α-hetero) is 1. The van der Waals surface area contributed by atoms with Crippen LogP contribution < -0.4 is 5.32 Å². The third kappa shape index (κ3) is 2.40. The molecule has 2 heterocycles. The number of hydrogen-bond donors (Lipinski definition) is 1. The van der Waals surface area contributed by atoms with Gasteiger partial charge in [-0.25, -0.2) is 0 Å². The Hall–Kier alpha value is -2.06. The van der Waals surface area contributed by atoms with Gasteiger partial charge in [0.15, 0.2) is 5.78 Å². The van der Waals surface area contributed by atoms with Crippen molar-refractivity contribution >= 4 is 23.0 Å². The largest absolute Gasteiger partial charge is 0.352 e. The summed E-state index contributed by atoms with van der Waals surface area (Å²) < 4.78 is 0. The molecule has 0 saturated carbocycles. The Kier molecular flexibility index (Phi) is 3.72. The van der Waals surface area contributed by atoms with Gasteiger partial charge in [-0.1, -0.05) is 18.3 Å². The molecule has 96 valence electrons. The molecule has 0 amide bonds. The van der Waals surface area contributed by atoms with Crippen LogP contribution in [0.4, 0.5) is 0 Å². The van der Waals surface area contributed by atoms with Crippen LogP contribution in [0.3, 0.4) is 0 Å². The maximum absolute atomic E-state index is 11.9. The van der Waals surface area contributed by atoms with Crippen LogP contribution >= 0.6 is 12.2 Å². The molecule has 0 aliphatic carbocycles. The first-order valence-corrected chi connectivity index (χ1v) is 6.30. The van der Waals surface area contributed by atoms with Crippen LogP contribution in [-0.2, 0) is 4.79 Å². The molecule has 2 rings (SSSR count). The Labute approximate surface area is 117 Å². The lowest BCUT2D eigenvalue weighted by Gasteiger charge is -2.31. The Balaban J connectivity index is 2.62. The highest BCUT2D eigenvalue weighted by molar-refractivity contribution is 7.80. The van der Waals surface area contributed by atoms with Gasteiger partial charge in [0.2, 0.25) is 0 Å². The Morgan fingerprint density at radius 1 is 1.53 bits per heavy atom. The lowest BCUT2D eigenvalue weighted by Crippen LogP contribution is -2.39. The van der Waals surface area contributed by atoms with E-state index in [2.05, 4.69) is 16.4 Å². The summed E-state index contributed by atoms with van der Waals surface area (Å²) >= 11 is 5.21. The van der Waals surface area contributed by atoms with E-state index in [4.69, 9.17) is 12.2 Å². The van der Waals surface area contributed by atoms with Gasteiger partial charge in [0.1, 0.15) is 5.92 Å². The third-order valence-electron chi connectivity index (χ3n) is 3.17. The van der Waals surface area contributed by atoms with Crippen LogP contribution in [0.2, 0.25) is 0 Å². The zero-order valence-electron chi connectivity index (χ0n) is 10.7. The smallest absolute Gasteiger partial charge is 0.158 e. The second-order valence-electron chi connectivity index (χ2n) is 4.42. The maximum atomic E-state index is 11.9. The van der Waals surface area contributed by atoms with Crippen molar-refractivity contribution in [1.82, 2.24) is 10.3 Å². The van der Waals surface area contributed by atoms with Gasteiger partial charge in [-0.05, 0) is 26.0 Å². The number of rotatable bonds is 2. The van der Waals surface area contributed by atoms with Crippen molar-refractivity contribution in [2.45, 2.75) is 19.8 Å². The molecule has 5 heteroatoms. The highest BCUT2D eigenvalue weighted by atomic mass is 32.1. The zero-order valence-corrected chi connectivity index (χ0v) is 11.5. The average Bonchev–Trinajstić information content (AvgIpc) is 2.38. The number of hydrogen-bond acceptors (Lipinski definition) is 4. The van der Waals surface area contributed by atoms with E-state index in [1.54, 1.807) is 19.2 Å². The van der Waals surface area contributed by atoms with Gasteiger partial charge < -0.3 is 5.32 Å². The van der Waals surface area contributed by atoms with E-state index >= 15 is 0 Å². The van der Waals surface area contributed by atoms with Crippen molar-refractivity contribution in [1.29, 1.82) is 5.26 Å². The number of thiocarbonyl (C=S) groups is 1. The van der Waals surface area contributed by atoms with Crippen LogP contribution in [0.15, 0.2) is 35.7 Å². The van der Waals surface area contributed by atoms with E-state index in [0.717, 1.165) is 0 Å². The standard InChI is InChI=1S/C14H13N3OS/c1-8-12(9(2)18)13(10(7-15)14(19)17-8)11-5-3-4-6-16-11/h3-6,10,13H,1-2H3,(H,17,19). The van der Waals surface area contributed by atoms with Crippen LogP contribution in [0.5, 0.6) is 0 Å². The number of nitrogens with one attached hydrogen (secondary N) is 1. The first kappa shape index (κ1) is 13.4. The van der Waals surface area contributed by atoms with Crippen molar-refractivity contribution in [2.75, 3.05) is 0 Å². The number of aromatic nitrogens is 1. The van der Waals surface area contributed by atoms with Gasteiger partial charge in [0.05, 0.1) is 17.0 Å². The molecular weight excluding hydrogens is 258 g/mol. The molecule has 0 bridgehead atoms. The van der Waals surface area contributed by atoms with Crippen molar-refractivity contribution in [3.63, 3.8) is 0 Å². The second kappa shape index (κ2) is 5.29. The van der Waals surface area contributed by atoms with Crippen LogP contribution in [-0.4, -0.2) is 15.8 Å². The molecular formula is C14H13N3OS. The Morgan fingerprint density at radius 3 is 2.79 bits per heavy atom. The molecule has 0 radical (unpaired) electrons. The first-order chi connectivity index (χ1) is 9.06. The summed E-state index contributed by atoms with van der Waals surface area (Å²) in [6.07, 6.45) is 1.65. The van der Waals surface area contributed by atoms with Crippen molar-refractivity contribution in [2.24, 2.45) is 5.92 Å². The topological polar surface area (TPSA) is 65.8 Å². The molecule has 1 N–H and O–H groups in total. The van der Waals surface area contributed by atoms with Crippen molar-refractivity contribution < 1.29 is 4.79 Å². The average molecular weight is 271 g/mol. The number of carbonyl (C=O) groups excluding carboxylic acids is 1. The summed E-state index contributed by atoms with van der Waals surface area (Å²) in [5, 5.41) is 12.3. The van der Waals surface area contributed by atoms with E-state index in [-0.39, 0.29) is 5.78 Å². The Bertz CT molecular complexity index is 601. The van der Waals surface area contributed by atoms with Crippen molar-refractivity contribution in [3.05, 3.63) is 41.4 Å². The molecule has 0 aromatic carbocycles. The molecule has 1 aliphatic heterocycles. The fourth-order valence-electron chi connectivity index (χ4n) is 2.38. The van der Waals surface area contributed by atoms with Crippen LogP contribution in [0.1, 0.15) is 25.5 Å². The molecule has 1 aromatic heterocycles. The van der Waals surface area contributed by atoms with Gasteiger partial charge >= 0.3 is 0 Å². The normalized spacial score (nSPS) is 22.7. The van der Waals surface area contributed by atoms with E-state index in [1.165, 1.54) is 6.92 Å². The SMILES string of the molecule is CC(=O)C1=C(C)NC(=S)C(C#N)C1c1ccccn1. The van der Waals surface area contributed by atoms with Crippen LogP contribution in [0.25, 0.3) is 0 Å². The highest BCUT2D eigenvalue weighted by Crippen LogP contribution is 2.36. The number of carbonyl (C=O) groups is 1. The van der Waals surface area contributed by atoms with Crippen LogP contribution in [0, 0.1) is 17.2 Å². The van der Waals surface area contributed by atoms with E-state index in [9.17, 15) is 10.1 Å². The first-order valence-electron chi connectivity index (χ1n) is 5.89. The van der Waals surface area contributed by atoms with Crippen molar-refractivity contribution in [3.8, 4) is 6.07 Å². The molecule has 1 aromatic rings. The molecule has 0 saturated heterocycles.